The Morgan fingerprint density at radius 1 is 1.09 bits per heavy atom. The van der Waals surface area contributed by atoms with Crippen molar-refractivity contribution in [3.63, 3.8) is 0 Å². The van der Waals surface area contributed by atoms with E-state index in [0.717, 1.165) is 17.7 Å². The number of aryl methyl sites for hydroxylation is 2. The standard InChI is InChI=1S/C25H30N6O3/c1-16-4-7-19(12-17(16)2)21-13-22-24-28-31(25(33)29(24)10-11-30(22)27-21)15-23(32)26-14-18-5-8-20(34-3)9-6-18/h4-12,21-22,24,27-28H,13-15H2,1-3H3,(H,26,32). The number of benzene rings is 2. The number of hydrogen-bond donors (Lipinski definition) is 3. The molecule has 9 heteroatoms. The number of carbonyl (C=O) groups excluding carboxylic acids is 2. The number of amides is 3. The molecule has 3 N–H and O–H groups in total. The van der Waals surface area contributed by atoms with Gasteiger partial charge in [-0.05, 0) is 54.7 Å². The molecule has 0 aromatic heterocycles. The first-order chi connectivity index (χ1) is 16.4. The normalized spacial score (nSPS) is 23.2. The highest BCUT2D eigenvalue weighted by molar-refractivity contribution is 5.85. The average Bonchev–Trinajstić information content (AvgIpc) is 3.41. The topological polar surface area (TPSA) is 89.2 Å². The van der Waals surface area contributed by atoms with Crippen molar-refractivity contribution in [1.29, 1.82) is 0 Å². The van der Waals surface area contributed by atoms with E-state index >= 15 is 0 Å². The number of hydrogen-bond acceptors (Lipinski definition) is 6. The van der Waals surface area contributed by atoms with Gasteiger partial charge < -0.3 is 15.1 Å². The van der Waals surface area contributed by atoms with Crippen molar-refractivity contribution in [2.24, 2.45) is 0 Å². The zero-order chi connectivity index (χ0) is 23.8. The van der Waals surface area contributed by atoms with Crippen molar-refractivity contribution in [2.45, 2.75) is 45.1 Å². The van der Waals surface area contributed by atoms with Crippen LogP contribution >= 0.6 is 0 Å². The molecule has 3 aliphatic heterocycles. The predicted molar refractivity (Wildman–Crippen MR) is 127 cm³/mol. The van der Waals surface area contributed by atoms with E-state index in [0.29, 0.717) is 6.54 Å². The van der Waals surface area contributed by atoms with Crippen molar-refractivity contribution in [2.75, 3.05) is 13.7 Å². The fourth-order valence-corrected chi connectivity index (χ4v) is 4.67. The molecule has 0 spiro atoms. The minimum absolute atomic E-state index is 0.0490. The van der Waals surface area contributed by atoms with E-state index in [2.05, 4.69) is 53.2 Å². The Labute approximate surface area is 199 Å². The Bertz CT molecular complexity index is 1120. The maximum absolute atomic E-state index is 12.9. The summed E-state index contributed by atoms with van der Waals surface area (Å²) in [5, 5.41) is 6.34. The first-order valence-corrected chi connectivity index (χ1v) is 11.5. The molecule has 3 amide bonds. The molecule has 2 fully saturated rings. The number of fused-ring (bicyclic) bond motifs is 3. The van der Waals surface area contributed by atoms with Crippen molar-refractivity contribution >= 4 is 11.9 Å². The van der Waals surface area contributed by atoms with E-state index in [1.54, 1.807) is 18.2 Å². The van der Waals surface area contributed by atoms with Gasteiger partial charge in [0.25, 0.3) is 0 Å². The molecule has 0 radical (unpaired) electrons. The van der Waals surface area contributed by atoms with Crippen molar-refractivity contribution < 1.29 is 14.3 Å². The summed E-state index contributed by atoms with van der Waals surface area (Å²) >= 11 is 0. The Morgan fingerprint density at radius 3 is 2.62 bits per heavy atom. The van der Waals surface area contributed by atoms with Crippen molar-refractivity contribution in [1.82, 2.24) is 31.1 Å². The van der Waals surface area contributed by atoms with Crippen LogP contribution in [-0.2, 0) is 11.3 Å². The van der Waals surface area contributed by atoms with Gasteiger partial charge >= 0.3 is 6.03 Å². The van der Waals surface area contributed by atoms with E-state index in [1.807, 2.05) is 30.5 Å². The molecule has 0 aliphatic carbocycles. The van der Waals surface area contributed by atoms with Crippen LogP contribution in [0.2, 0.25) is 0 Å². The number of hydrazine groups is 2. The van der Waals surface area contributed by atoms with Gasteiger partial charge in [0.05, 0.1) is 19.2 Å². The van der Waals surface area contributed by atoms with Crippen LogP contribution in [0.3, 0.4) is 0 Å². The average molecular weight is 463 g/mol. The van der Waals surface area contributed by atoms with E-state index in [9.17, 15) is 9.59 Å². The van der Waals surface area contributed by atoms with Gasteiger partial charge in [-0.3, -0.25) is 9.69 Å². The quantitative estimate of drug-likeness (QED) is 0.611. The molecule has 34 heavy (non-hydrogen) atoms. The molecule has 3 aliphatic rings. The number of urea groups is 1. The lowest BCUT2D eigenvalue weighted by Crippen LogP contribution is -2.54. The van der Waals surface area contributed by atoms with E-state index < -0.39 is 0 Å². The molecular formula is C25H30N6O3. The molecule has 0 bridgehead atoms. The second-order valence-corrected chi connectivity index (χ2v) is 9.01. The molecule has 5 rings (SSSR count). The third kappa shape index (κ3) is 4.20. The van der Waals surface area contributed by atoms with Gasteiger partial charge in [0, 0.05) is 18.9 Å². The number of carbonyl (C=O) groups is 2. The Morgan fingerprint density at radius 2 is 1.88 bits per heavy atom. The van der Waals surface area contributed by atoms with Crippen LogP contribution in [-0.4, -0.2) is 52.7 Å². The van der Waals surface area contributed by atoms with Crippen LogP contribution in [0.15, 0.2) is 54.9 Å². The maximum Gasteiger partial charge on any atom is 0.340 e. The number of nitrogens with one attached hydrogen (secondary N) is 3. The van der Waals surface area contributed by atoms with Gasteiger partial charge in [0.15, 0.2) is 0 Å². The number of nitrogens with zero attached hydrogens (tertiary/aromatic N) is 3. The minimum atomic E-state index is -0.240. The van der Waals surface area contributed by atoms with Gasteiger partial charge in [-0.25, -0.2) is 20.7 Å². The lowest BCUT2D eigenvalue weighted by atomic mass is 9.97. The molecular weight excluding hydrogens is 432 g/mol. The van der Waals surface area contributed by atoms with Crippen LogP contribution in [0.5, 0.6) is 5.75 Å². The van der Waals surface area contributed by atoms with Gasteiger partial charge in [-0.2, -0.15) is 0 Å². The van der Waals surface area contributed by atoms with Crippen LogP contribution in [0.4, 0.5) is 4.79 Å². The highest BCUT2D eigenvalue weighted by Crippen LogP contribution is 2.35. The SMILES string of the molecule is COc1ccc(CNC(=O)CN2NC3C4CC(c5ccc(C)c(C)c5)NN4C=CN3C2=O)cc1. The fraction of sp³-hybridized carbons (Fsp3) is 0.360. The highest BCUT2D eigenvalue weighted by Gasteiger charge is 2.48. The number of rotatable bonds is 6. The molecule has 3 atom stereocenters. The Kier molecular flexibility index (Phi) is 5.89. The first-order valence-electron chi connectivity index (χ1n) is 11.5. The van der Waals surface area contributed by atoms with Crippen LogP contribution in [0.1, 0.15) is 34.7 Å². The minimum Gasteiger partial charge on any atom is -0.497 e. The first kappa shape index (κ1) is 22.2. The van der Waals surface area contributed by atoms with Crippen LogP contribution in [0, 0.1) is 13.8 Å². The maximum atomic E-state index is 12.9. The lowest BCUT2D eigenvalue weighted by Gasteiger charge is -2.34. The second-order valence-electron chi connectivity index (χ2n) is 9.01. The summed E-state index contributed by atoms with van der Waals surface area (Å²) in [6.07, 6.45) is 4.26. The third-order valence-corrected chi connectivity index (χ3v) is 6.82. The summed E-state index contributed by atoms with van der Waals surface area (Å²) in [5.74, 6) is 0.539. The summed E-state index contributed by atoms with van der Waals surface area (Å²) in [7, 11) is 1.62. The predicted octanol–water partition coefficient (Wildman–Crippen LogP) is 2.30. The molecule has 9 nitrogen and oxygen atoms in total. The summed E-state index contributed by atoms with van der Waals surface area (Å²) in [5.41, 5.74) is 11.5. The van der Waals surface area contributed by atoms with Gasteiger partial charge in [-0.1, -0.05) is 30.3 Å². The molecule has 2 aromatic rings. The third-order valence-electron chi connectivity index (χ3n) is 6.82. The zero-order valence-corrected chi connectivity index (χ0v) is 19.6. The van der Waals surface area contributed by atoms with E-state index in [4.69, 9.17) is 4.74 Å². The zero-order valence-electron chi connectivity index (χ0n) is 19.6. The highest BCUT2D eigenvalue weighted by atomic mass is 16.5. The van der Waals surface area contributed by atoms with Crippen molar-refractivity contribution in [3.05, 3.63) is 77.1 Å². The number of methoxy groups -OCH3 is 1. The molecule has 2 aromatic carbocycles. The largest absolute Gasteiger partial charge is 0.497 e. The Balaban J connectivity index is 1.20. The summed E-state index contributed by atoms with van der Waals surface area (Å²) in [6.45, 7) is 4.56. The second kappa shape index (κ2) is 9.00. The molecule has 0 saturated carbocycles. The summed E-state index contributed by atoms with van der Waals surface area (Å²) in [4.78, 5) is 27.2. The molecule has 3 heterocycles. The molecule has 2 saturated heterocycles. The summed E-state index contributed by atoms with van der Waals surface area (Å²) < 4.78 is 5.16. The van der Waals surface area contributed by atoms with Crippen LogP contribution in [0.25, 0.3) is 0 Å². The fourth-order valence-electron chi connectivity index (χ4n) is 4.67. The molecule has 178 valence electrons. The van der Waals surface area contributed by atoms with Crippen molar-refractivity contribution in [3.8, 4) is 5.75 Å². The lowest BCUT2D eigenvalue weighted by molar-refractivity contribution is -0.122. The van der Waals surface area contributed by atoms with Crippen LogP contribution < -0.4 is 20.9 Å². The van der Waals surface area contributed by atoms with E-state index in [-0.39, 0.29) is 36.7 Å². The van der Waals surface area contributed by atoms with Gasteiger partial charge in [0.1, 0.15) is 18.5 Å². The van der Waals surface area contributed by atoms with Gasteiger partial charge in [0.2, 0.25) is 5.91 Å². The van der Waals surface area contributed by atoms with E-state index in [1.165, 1.54) is 21.7 Å². The number of ether oxygens (including phenoxy) is 1. The smallest absolute Gasteiger partial charge is 0.340 e. The molecule has 3 unspecified atom stereocenters. The van der Waals surface area contributed by atoms with Gasteiger partial charge in [-0.15, -0.1) is 0 Å². The summed E-state index contributed by atoms with van der Waals surface area (Å²) in [6, 6.07) is 14.0. The monoisotopic (exact) mass is 462 g/mol. The Hall–Kier alpha value is -3.56.